The lowest BCUT2D eigenvalue weighted by molar-refractivity contribution is 0.0576. The highest BCUT2D eigenvalue weighted by atomic mass is 32.1. The number of aliphatic hydroxyl groups is 1. The summed E-state index contributed by atoms with van der Waals surface area (Å²) in [4.78, 5) is 38.8. The lowest BCUT2D eigenvalue weighted by Crippen LogP contribution is -2.38. The van der Waals surface area contributed by atoms with Crippen molar-refractivity contribution in [2.45, 2.75) is 18.9 Å². The molecule has 3 amide bonds. The minimum atomic E-state index is -0.952. The van der Waals surface area contributed by atoms with Crippen molar-refractivity contribution < 1.29 is 38.5 Å². The summed E-state index contributed by atoms with van der Waals surface area (Å²) in [5.74, 6) is -0.653. The van der Waals surface area contributed by atoms with E-state index in [0.717, 1.165) is 16.2 Å². The third-order valence-corrected chi connectivity index (χ3v) is 8.74. The molecule has 222 valence electrons. The van der Waals surface area contributed by atoms with Gasteiger partial charge in [-0.2, -0.15) is 0 Å². The highest BCUT2D eigenvalue weighted by Crippen LogP contribution is 2.35. The first kappa shape index (κ1) is 28.4. The van der Waals surface area contributed by atoms with Crippen molar-refractivity contribution >= 4 is 50.7 Å². The van der Waals surface area contributed by atoms with Crippen molar-refractivity contribution in [2.24, 2.45) is 5.92 Å². The molecule has 0 bridgehead atoms. The van der Waals surface area contributed by atoms with Crippen LogP contribution in [0, 0.1) is 11.7 Å². The predicted octanol–water partition coefficient (Wildman–Crippen LogP) is 5.74. The molecular weight excluding hydrogens is 577 g/mol. The van der Waals surface area contributed by atoms with Crippen molar-refractivity contribution in [3.63, 3.8) is 0 Å². The maximum atomic E-state index is 14.7. The first-order chi connectivity index (χ1) is 20.7. The van der Waals surface area contributed by atoms with Gasteiger partial charge in [0.05, 0.1) is 16.7 Å². The Hall–Kier alpha value is -4.68. The number of likely N-dealkylation sites (tertiary alicyclic amines) is 1. The molecule has 0 aliphatic carbocycles. The van der Waals surface area contributed by atoms with E-state index in [-0.39, 0.29) is 11.6 Å². The number of thiophene rings is 1. The standard InChI is InChI=1S/C31H28FN3O7S/c32-22-5-4-21(33-29(37)20-3-6-24-25(13-20)42-12-11-41-24)16-23(22)34-30(38)27-14-18-1-2-19(15-26(18)43-27)28(36)17-7-9-35(10-8-17)31(39)40/h1-6,13-17,28,36H,7-12H2,(H,33,37)(H,34,38)(H,39,40). The summed E-state index contributed by atoms with van der Waals surface area (Å²) >= 11 is 1.21. The largest absolute Gasteiger partial charge is 0.486 e. The number of piperidine rings is 1. The summed E-state index contributed by atoms with van der Waals surface area (Å²) in [6.45, 7) is 1.58. The van der Waals surface area contributed by atoms with Crippen LogP contribution in [0.1, 0.15) is 44.5 Å². The van der Waals surface area contributed by atoms with Crippen LogP contribution in [0.2, 0.25) is 0 Å². The average molecular weight is 606 g/mol. The highest BCUT2D eigenvalue weighted by Gasteiger charge is 2.28. The van der Waals surface area contributed by atoms with Gasteiger partial charge in [0, 0.05) is 29.0 Å². The molecule has 3 aromatic carbocycles. The van der Waals surface area contributed by atoms with Crippen molar-refractivity contribution in [1.29, 1.82) is 0 Å². The molecule has 0 spiro atoms. The summed E-state index contributed by atoms with van der Waals surface area (Å²) in [5.41, 5.74) is 1.23. The van der Waals surface area contributed by atoms with Crippen LogP contribution in [0.15, 0.2) is 60.7 Å². The molecule has 1 atom stereocenters. The number of amides is 3. The summed E-state index contributed by atoms with van der Waals surface area (Å²) in [6.07, 6.45) is -0.586. The fourth-order valence-electron chi connectivity index (χ4n) is 5.29. The number of carboxylic acid groups (broad SMARTS) is 1. The molecule has 0 radical (unpaired) electrons. The van der Waals surface area contributed by atoms with E-state index < -0.39 is 29.8 Å². The van der Waals surface area contributed by atoms with Crippen LogP contribution >= 0.6 is 11.3 Å². The number of nitrogens with zero attached hydrogens (tertiary/aromatic N) is 1. The molecule has 4 aromatic rings. The minimum Gasteiger partial charge on any atom is -0.486 e. The third kappa shape index (κ3) is 6.11. The van der Waals surface area contributed by atoms with Gasteiger partial charge in [-0.05, 0) is 78.2 Å². The number of fused-ring (bicyclic) bond motifs is 2. The maximum Gasteiger partial charge on any atom is 0.407 e. The smallest absolute Gasteiger partial charge is 0.407 e. The molecule has 1 aromatic heterocycles. The Morgan fingerprint density at radius 2 is 1.67 bits per heavy atom. The number of anilines is 2. The number of carbonyl (C=O) groups excluding carboxylic acids is 2. The van der Waals surface area contributed by atoms with Gasteiger partial charge in [0.1, 0.15) is 19.0 Å². The fraction of sp³-hybridized carbons (Fsp3) is 0.258. The Morgan fingerprint density at radius 1 is 0.907 bits per heavy atom. The van der Waals surface area contributed by atoms with Crippen LogP contribution in [0.25, 0.3) is 10.1 Å². The van der Waals surface area contributed by atoms with Gasteiger partial charge in [-0.25, -0.2) is 9.18 Å². The van der Waals surface area contributed by atoms with Crippen LogP contribution in [-0.2, 0) is 0 Å². The van der Waals surface area contributed by atoms with Crippen LogP contribution < -0.4 is 20.1 Å². The van der Waals surface area contributed by atoms with E-state index in [0.29, 0.717) is 72.3 Å². The number of rotatable bonds is 6. The van der Waals surface area contributed by atoms with Gasteiger partial charge in [-0.15, -0.1) is 11.3 Å². The number of ether oxygens (including phenoxy) is 2. The number of halogens is 1. The van der Waals surface area contributed by atoms with Crippen molar-refractivity contribution in [3.8, 4) is 11.5 Å². The number of nitrogens with one attached hydrogen (secondary N) is 2. The zero-order valence-electron chi connectivity index (χ0n) is 22.8. The van der Waals surface area contributed by atoms with Gasteiger partial charge in [-0.1, -0.05) is 12.1 Å². The predicted molar refractivity (Wildman–Crippen MR) is 159 cm³/mol. The molecule has 0 saturated carbocycles. The van der Waals surface area contributed by atoms with Crippen LogP contribution in [0.4, 0.5) is 20.6 Å². The fourth-order valence-corrected chi connectivity index (χ4v) is 6.30. The monoisotopic (exact) mass is 605 g/mol. The van der Waals surface area contributed by atoms with Crippen LogP contribution in [-0.4, -0.2) is 59.3 Å². The SMILES string of the molecule is O=C(Nc1ccc(F)c(NC(=O)c2cc3ccc(C(O)C4CCN(C(=O)O)CC4)cc3s2)c1)c1ccc2c(c1)OCCO2. The number of hydrogen-bond donors (Lipinski definition) is 4. The van der Waals surface area contributed by atoms with Gasteiger partial charge in [0.25, 0.3) is 11.8 Å². The van der Waals surface area contributed by atoms with E-state index in [9.17, 15) is 23.9 Å². The molecule has 1 unspecified atom stereocenters. The molecule has 1 saturated heterocycles. The lowest BCUT2D eigenvalue weighted by Gasteiger charge is -2.32. The van der Waals surface area contributed by atoms with E-state index in [2.05, 4.69) is 10.6 Å². The van der Waals surface area contributed by atoms with E-state index in [1.54, 1.807) is 30.3 Å². The topological polar surface area (TPSA) is 137 Å². The van der Waals surface area contributed by atoms with E-state index in [4.69, 9.17) is 14.6 Å². The Balaban J connectivity index is 1.13. The molecule has 6 rings (SSSR count). The Kier molecular flexibility index (Phi) is 7.87. The van der Waals surface area contributed by atoms with Gasteiger partial charge in [0.15, 0.2) is 11.5 Å². The molecule has 3 heterocycles. The second-order valence-corrected chi connectivity index (χ2v) is 11.5. The Morgan fingerprint density at radius 3 is 2.44 bits per heavy atom. The zero-order chi connectivity index (χ0) is 30.1. The summed E-state index contributed by atoms with van der Waals surface area (Å²) in [5, 5.41) is 26.2. The number of hydrogen-bond acceptors (Lipinski definition) is 7. The first-order valence-corrected chi connectivity index (χ1v) is 14.6. The van der Waals surface area contributed by atoms with Crippen molar-refractivity contribution in [3.05, 3.63) is 82.5 Å². The normalized spacial score (nSPS) is 15.6. The summed E-state index contributed by atoms with van der Waals surface area (Å²) < 4.78 is 26.5. The zero-order valence-corrected chi connectivity index (χ0v) is 23.7. The Bertz CT molecular complexity index is 1720. The van der Waals surface area contributed by atoms with Gasteiger partial charge in [0.2, 0.25) is 0 Å². The van der Waals surface area contributed by atoms with Crippen molar-refractivity contribution in [1.82, 2.24) is 4.90 Å². The van der Waals surface area contributed by atoms with E-state index >= 15 is 0 Å². The molecule has 2 aliphatic rings. The summed E-state index contributed by atoms with van der Waals surface area (Å²) in [6, 6.07) is 15.9. The molecular formula is C31H28FN3O7S. The minimum absolute atomic E-state index is 0.0684. The molecule has 2 aliphatic heterocycles. The quantitative estimate of drug-likeness (QED) is 0.220. The second-order valence-electron chi connectivity index (χ2n) is 10.4. The third-order valence-electron chi connectivity index (χ3n) is 7.64. The Labute approximate surface area is 249 Å². The number of carbonyl (C=O) groups is 3. The number of benzene rings is 3. The van der Waals surface area contributed by atoms with Gasteiger partial charge in [-0.3, -0.25) is 9.59 Å². The van der Waals surface area contributed by atoms with Gasteiger partial charge >= 0.3 is 6.09 Å². The molecule has 1 fully saturated rings. The van der Waals surface area contributed by atoms with Crippen LogP contribution in [0.3, 0.4) is 0 Å². The second kappa shape index (κ2) is 11.9. The van der Waals surface area contributed by atoms with Crippen molar-refractivity contribution in [2.75, 3.05) is 36.9 Å². The van der Waals surface area contributed by atoms with E-state index in [1.807, 2.05) is 12.1 Å². The average Bonchev–Trinajstić information content (AvgIpc) is 3.46. The van der Waals surface area contributed by atoms with Gasteiger partial charge < -0.3 is 35.2 Å². The molecule has 4 N–H and O–H groups in total. The number of aliphatic hydroxyl groups excluding tert-OH is 1. The molecule has 12 heteroatoms. The highest BCUT2D eigenvalue weighted by molar-refractivity contribution is 7.20. The summed E-state index contributed by atoms with van der Waals surface area (Å²) in [7, 11) is 0. The molecule has 43 heavy (non-hydrogen) atoms. The first-order valence-electron chi connectivity index (χ1n) is 13.8. The lowest BCUT2D eigenvalue weighted by atomic mass is 9.87. The van der Waals surface area contributed by atoms with Crippen LogP contribution in [0.5, 0.6) is 11.5 Å². The van der Waals surface area contributed by atoms with E-state index in [1.165, 1.54) is 28.4 Å². The maximum absolute atomic E-state index is 14.7. The molecule has 10 nitrogen and oxygen atoms in total.